The van der Waals surface area contributed by atoms with Crippen LogP contribution >= 0.6 is 0 Å². The van der Waals surface area contributed by atoms with Crippen LogP contribution < -0.4 is 5.32 Å². The highest BCUT2D eigenvalue weighted by molar-refractivity contribution is 5.95. The summed E-state index contributed by atoms with van der Waals surface area (Å²) in [4.78, 5) is 14.2. The first-order chi connectivity index (χ1) is 11.0. The van der Waals surface area contributed by atoms with Crippen LogP contribution in [-0.4, -0.2) is 15.9 Å². The van der Waals surface area contributed by atoms with Gasteiger partial charge in [0, 0.05) is 23.7 Å². The maximum Gasteiger partial charge on any atom is 0.255 e. The number of amides is 1. The van der Waals surface area contributed by atoms with E-state index in [0.29, 0.717) is 11.3 Å². The first-order valence-corrected chi connectivity index (χ1v) is 7.63. The zero-order valence-electron chi connectivity index (χ0n) is 13.7. The van der Waals surface area contributed by atoms with Crippen molar-refractivity contribution < 1.29 is 9.90 Å². The minimum Gasteiger partial charge on any atom is -0.508 e. The van der Waals surface area contributed by atoms with E-state index in [1.54, 1.807) is 12.1 Å². The highest BCUT2D eigenvalue weighted by Crippen LogP contribution is 2.18. The average Bonchev–Trinajstić information content (AvgIpc) is 2.50. The number of nitrogens with one attached hydrogen (secondary N) is 1. The van der Waals surface area contributed by atoms with Gasteiger partial charge in [0.15, 0.2) is 0 Å². The van der Waals surface area contributed by atoms with E-state index in [1.807, 2.05) is 43.3 Å². The predicted molar refractivity (Wildman–Crippen MR) is 92.4 cm³/mol. The molecule has 0 spiro atoms. The van der Waals surface area contributed by atoms with Crippen LogP contribution in [0.1, 0.15) is 37.6 Å². The number of nitrogens with zero attached hydrogens (tertiary/aromatic N) is 1. The molecule has 1 heterocycles. The molecule has 1 amide bonds. The fourth-order valence-corrected chi connectivity index (χ4v) is 2.19. The van der Waals surface area contributed by atoms with Crippen molar-refractivity contribution in [3.05, 3.63) is 77.4 Å². The van der Waals surface area contributed by atoms with Gasteiger partial charge in [-0.15, -0.1) is 0 Å². The molecule has 0 saturated carbocycles. The van der Waals surface area contributed by atoms with Gasteiger partial charge in [-0.25, -0.2) is 0 Å². The molecule has 0 aliphatic carbocycles. The molecule has 1 aliphatic heterocycles. The Bertz CT molecular complexity index is 691. The first-order valence-electron chi connectivity index (χ1n) is 7.63. The summed E-state index contributed by atoms with van der Waals surface area (Å²) in [7, 11) is 0. The summed E-state index contributed by atoms with van der Waals surface area (Å²) in [5.41, 5.74) is 3.47. The lowest BCUT2D eigenvalue weighted by molar-refractivity contribution is 0.0966. The zero-order chi connectivity index (χ0) is 16.8. The van der Waals surface area contributed by atoms with Crippen LogP contribution in [0.5, 0.6) is 5.75 Å². The Balaban J connectivity index is 2.18. The molecule has 2 rings (SSSR count). The van der Waals surface area contributed by atoms with Gasteiger partial charge in [-0.3, -0.25) is 4.79 Å². The molecule has 4 nitrogen and oxygen atoms in total. The number of phenols is 1. The number of rotatable bonds is 4. The lowest BCUT2D eigenvalue weighted by atomic mass is 10.1. The first kappa shape index (κ1) is 16.6. The minimum atomic E-state index is -0.207. The van der Waals surface area contributed by atoms with Gasteiger partial charge in [0.1, 0.15) is 5.75 Å². The van der Waals surface area contributed by atoms with Crippen LogP contribution in [0, 0.1) is 0 Å². The summed E-state index contributed by atoms with van der Waals surface area (Å²) >= 11 is 0. The third-order valence-corrected chi connectivity index (χ3v) is 3.21. The topological polar surface area (TPSA) is 52.6 Å². The van der Waals surface area contributed by atoms with Crippen molar-refractivity contribution >= 4 is 5.91 Å². The van der Waals surface area contributed by atoms with Crippen molar-refractivity contribution in [2.24, 2.45) is 0 Å². The molecule has 1 aromatic carbocycles. The largest absolute Gasteiger partial charge is 0.508 e. The fraction of sp³-hybridized carbons (Fsp3) is 0.211. The van der Waals surface area contributed by atoms with E-state index in [2.05, 4.69) is 18.3 Å². The van der Waals surface area contributed by atoms with Gasteiger partial charge in [0.05, 0.1) is 5.70 Å². The SMILES string of the molecule is CC/C=C1/C=CC(NC(=O)c2ccc(O)cc2)=CN1C=C(C)C. The third-order valence-electron chi connectivity index (χ3n) is 3.21. The second kappa shape index (κ2) is 7.49. The van der Waals surface area contributed by atoms with E-state index in [9.17, 15) is 9.90 Å². The van der Waals surface area contributed by atoms with E-state index >= 15 is 0 Å². The van der Waals surface area contributed by atoms with Crippen molar-refractivity contribution in [2.75, 3.05) is 0 Å². The van der Waals surface area contributed by atoms with Crippen LogP contribution in [0.25, 0.3) is 0 Å². The molecule has 0 fully saturated rings. The van der Waals surface area contributed by atoms with Crippen molar-refractivity contribution in [2.45, 2.75) is 27.2 Å². The van der Waals surface area contributed by atoms with E-state index < -0.39 is 0 Å². The zero-order valence-corrected chi connectivity index (χ0v) is 13.7. The van der Waals surface area contributed by atoms with E-state index in [-0.39, 0.29) is 11.7 Å². The average molecular weight is 310 g/mol. The minimum absolute atomic E-state index is 0.141. The van der Waals surface area contributed by atoms with Crippen LogP contribution in [-0.2, 0) is 0 Å². The highest BCUT2D eigenvalue weighted by Gasteiger charge is 2.12. The number of allylic oxidation sites excluding steroid dienone is 4. The Labute approximate surface area is 137 Å². The third kappa shape index (κ3) is 4.61. The molecule has 0 aromatic heterocycles. The number of phenolic OH excluding ortho intramolecular Hbond substituents is 1. The monoisotopic (exact) mass is 310 g/mol. The Hall–Kier alpha value is -2.75. The van der Waals surface area contributed by atoms with Gasteiger partial charge in [0.2, 0.25) is 0 Å². The molecule has 2 N–H and O–H groups in total. The maximum absolute atomic E-state index is 12.2. The van der Waals surface area contributed by atoms with Crippen LogP contribution in [0.2, 0.25) is 0 Å². The number of benzene rings is 1. The summed E-state index contributed by atoms with van der Waals surface area (Å²) in [5, 5.41) is 12.2. The van der Waals surface area contributed by atoms with Crippen molar-refractivity contribution in [1.29, 1.82) is 0 Å². The molecular weight excluding hydrogens is 288 g/mol. The summed E-state index contributed by atoms with van der Waals surface area (Å²) in [6, 6.07) is 6.18. The number of carbonyl (C=O) groups is 1. The van der Waals surface area contributed by atoms with E-state index in [4.69, 9.17) is 0 Å². The molecule has 0 saturated heterocycles. The second-order valence-corrected chi connectivity index (χ2v) is 5.57. The standard InChI is InChI=1S/C19H22N2O2/c1-4-5-17-9-8-16(13-21(17)12-14(2)3)20-19(23)15-6-10-18(22)11-7-15/h5-13,22H,4H2,1-3H3,(H,20,23)/b17-5-. The van der Waals surface area contributed by atoms with Crippen LogP contribution in [0.3, 0.4) is 0 Å². The summed E-state index contributed by atoms with van der Waals surface area (Å²) in [6.07, 6.45) is 10.9. The van der Waals surface area contributed by atoms with Crippen LogP contribution in [0.15, 0.2) is 71.9 Å². The van der Waals surface area contributed by atoms with Gasteiger partial charge < -0.3 is 15.3 Å². The number of hydrogen-bond donors (Lipinski definition) is 2. The summed E-state index contributed by atoms with van der Waals surface area (Å²) < 4.78 is 0. The predicted octanol–water partition coefficient (Wildman–Crippen LogP) is 4.05. The van der Waals surface area contributed by atoms with Gasteiger partial charge in [-0.05, 0) is 56.7 Å². The molecule has 1 aliphatic rings. The number of aromatic hydroxyl groups is 1. The Morgan fingerprint density at radius 3 is 2.52 bits per heavy atom. The second-order valence-electron chi connectivity index (χ2n) is 5.57. The van der Waals surface area contributed by atoms with E-state index in [0.717, 1.165) is 12.1 Å². The normalized spacial score (nSPS) is 15.3. The van der Waals surface area contributed by atoms with Gasteiger partial charge in [-0.2, -0.15) is 0 Å². The molecule has 0 unspecified atom stereocenters. The molecule has 0 atom stereocenters. The van der Waals surface area contributed by atoms with Gasteiger partial charge in [-0.1, -0.05) is 18.6 Å². The molecule has 0 bridgehead atoms. The summed E-state index contributed by atoms with van der Waals surface area (Å²) in [5.74, 6) is -0.0663. The maximum atomic E-state index is 12.2. The Morgan fingerprint density at radius 2 is 1.91 bits per heavy atom. The van der Waals surface area contributed by atoms with Gasteiger partial charge in [0.25, 0.3) is 5.91 Å². The lowest BCUT2D eigenvalue weighted by Crippen LogP contribution is -2.25. The molecular formula is C19H22N2O2. The van der Waals surface area contributed by atoms with Crippen molar-refractivity contribution in [1.82, 2.24) is 10.2 Å². The lowest BCUT2D eigenvalue weighted by Gasteiger charge is -2.23. The molecule has 4 heteroatoms. The van der Waals surface area contributed by atoms with Crippen LogP contribution in [0.4, 0.5) is 0 Å². The van der Waals surface area contributed by atoms with Crippen molar-refractivity contribution in [3.8, 4) is 5.75 Å². The molecule has 1 aromatic rings. The highest BCUT2D eigenvalue weighted by atomic mass is 16.3. The Kier molecular flexibility index (Phi) is 5.41. The smallest absolute Gasteiger partial charge is 0.255 e. The van der Waals surface area contributed by atoms with E-state index in [1.165, 1.54) is 17.7 Å². The quantitative estimate of drug-likeness (QED) is 0.882. The summed E-state index contributed by atoms with van der Waals surface area (Å²) in [6.45, 7) is 6.15. The molecule has 0 radical (unpaired) electrons. The van der Waals surface area contributed by atoms with Gasteiger partial charge >= 0.3 is 0 Å². The fourth-order valence-electron chi connectivity index (χ4n) is 2.19. The number of carbonyl (C=O) groups excluding carboxylic acids is 1. The molecule has 120 valence electrons. The number of hydrogen-bond acceptors (Lipinski definition) is 3. The molecule has 23 heavy (non-hydrogen) atoms. The Morgan fingerprint density at radius 1 is 1.22 bits per heavy atom. The van der Waals surface area contributed by atoms with Crippen molar-refractivity contribution in [3.63, 3.8) is 0 Å².